The van der Waals surface area contributed by atoms with Gasteiger partial charge in [0.05, 0.1) is 7.11 Å². The van der Waals surface area contributed by atoms with Crippen molar-refractivity contribution in [1.82, 2.24) is 4.98 Å². The summed E-state index contributed by atoms with van der Waals surface area (Å²) in [5, 5.41) is 19.7. The fourth-order valence-corrected chi connectivity index (χ4v) is 1.43. The number of para-hydroxylation sites is 1. The van der Waals surface area contributed by atoms with Crippen molar-refractivity contribution in [2.75, 3.05) is 18.2 Å². The van der Waals surface area contributed by atoms with Gasteiger partial charge in [0.25, 0.3) is 0 Å². The highest BCUT2D eigenvalue weighted by Crippen LogP contribution is 2.29. The number of aromatic hydroxyl groups is 1. The van der Waals surface area contributed by atoms with Gasteiger partial charge in [0.15, 0.2) is 5.82 Å². The zero-order valence-electron chi connectivity index (χ0n) is 11.1. The highest BCUT2D eigenvalue weighted by atomic mass is 16.5. The van der Waals surface area contributed by atoms with Crippen LogP contribution < -0.4 is 11.1 Å². The number of azo groups is 1. The fraction of sp³-hybridized carbons (Fsp3) is 0.0769. The number of nitrogens with zero attached hydrogens (tertiary/aromatic N) is 3. The van der Waals surface area contributed by atoms with Crippen LogP contribution in [0.15, 0.2) is 46.6 Å². The Balaban J connectivity index is 2.18. The fourth-order valence-electron chi connectivity index (χ4n) is 1.43. The number of amides is 1. The molecule has 21 heavy (non-hydrogen) atoms. The van der Waals surface area contributed by atoms with Crippen molar-refractivity contribution in [3.8, 4) is 5.75 Å². The van der Waals surface area contributed by atoms with Crippen LogP contribution in [-0.4, -0.2) is 23.3 Å². The first-order valence-electron chi connectivity index (χ1n) is 5.91. The standard InChI is InChI=1S/C13H13N5O3/c1-21-13(20)16-11-7-6-9(12(14)15-11)18-17-8-4-2-3-5-10(8)19/h2-7,19H,1H3,(H3,14,15,16,20)/b18-17+. The molecule has 0 radical (unpaired) electrons. The molecule has 8 nitrogen and oxygen atoms in total. The van der Waals surface area contributed by atoms with E-state index in [2.05, 4.69) is 25.3 Å². The van der Waals surface area contributed by atoms with Crippen LogP contribution in [0.25, 0.3) is 0 Å². The Labute approximate surface area is 120 Å². The number of hydrogen-bond acceptors (Lipinski definition) is 7. The van der Waals surface area contributed by atoms with E-state index in [0.717, 1.165) is 0 Å². The van der Waals surface area contributed by atoms with Gasteiger partial charge in [0.1, 0.15) is 22.9 Å². The Kier molecular flexibility index (Phi) is 4.30. The lowest BCUT2D eigenvalue weighted by Gasteiger charge is -2.04. The Morgan fingerprint density at radius 1 is 1.24 bits per heavy atom. The third-order valence-corrected chi connectivity index (χ3v) is 2.47. The van der Waals surface area contributed by atoms with Gasteiger partial charge >= 0.3 is 6.09 Å². The number of ether oxygens (including phenoxy) is 1. The molecule has 1 heterocycles. The number of methoxy groups -OCH3 is 1. The van der Waals surface area contributed by atoms with Crippen LogP contribution in [0.4, 0.5) is 27.8 Å². The van der Waals surface area contributed by atoms with Gasteiger partial charge in [0, 0.05) is 0 Å². The Hall–Kier alpha value is -3.16. The zero-order valence-corrected chi connectivity index (χ0v) is 11.1. The first kappa shape index (κ1) is 14.3. The summed E-state index contributed by atoms with van der Waals surface area (Å²) in [6.07, 6.45) is -0.648. The summed E-state index contributed by atoms with van der Waals surface area (Å²) in [5.41, 5.74) is 6.35. The summed E-state index contributed by atoms with van der Waals surface area (Å²) in [6, 6.07) is 9.55. The number of anilines is 2. The molecule has 0 aliphatic rings. The highest BCUT2D eigenvalue weighted by molar-refractivity contribution is 5.83. The second-order valence-corrected chi connectivity index (χ2v) is 3.91. The number of nitrogen functional groups attached to an aromatic ring is 1. The topological polar surface area (TPSA) is 122 Å². The monoisotopic (exact) mass is 287 g/mol. The van der Waals surface area contributed by atoms with Crippen LogP contribution >= 0.6 is 0 Å². The maximum Gasteiger partial charge on any atom is 0.412 e. The number of benzene rings is 1. The lowest BCUT2D eigenvalue weighted by atomic mass is 10.3. The number of hydrogen-bond donors (Lipinski definition) is 3. The number of carbonyl (C=O) groups excluding carboxylic acids is 1. The molecule has 0 saturated carbocycles. The molecule has 0 saturated heterocycles. The number of nitrogens with one attached hydrogen (secondary N) is 1. The smallest absolute Gasteiger partial charge is 0.412 e. The number of carbonyl (C=O) groups is 1. The summed E-state index contributed by atoms with van der Waals surface area (Å²) in [7, 11) is 1.24. The SMILES string of the molecule is COC(=O)Nc1ccc(/N=N/c2ccccc2O)c(N)n1. The first-order valence-corrected chi connectivity index (χ1v) is 5.91. The molecule has 2 aromatic rings. The van der Waals surface area contributed by atoms with Gasteiger partial charge in [-0.1, -0.05) is 12.1 Å². The van der Waals surface area contributed by atoms with E-state index in [1.54, 1.807) is 18.2 Å². The van der Waals surface area contributed by atoms with Crippen LogP contribution in [-0.2, 0) is 4.74 Å². The van der Waals surface area contributed by atoms with Gasteiger partial charge in [-0.05, 0) is 24.3 Å². The van der Waals surface area contributed by atoms with E-state index < -0.39 is 6.09 Å². The summed E-state index contributed by atoms with van der Waals surface area (Å²) >= 11 is 0. The van der Waals surface area contributed by atoms with E-state index in [0.29, 0.717) is 11.4 Å². The van der Waals surface area contributed by atoms with Gasteiger partial charge in [-0.2, -0.15) is 0 Å². The summed E-state index contributed by atoms with van der Waals surface area (Å²) in [5.74, 6) is 0.334. The molecule has 4 N–H and O–H groups in total. The quantitative estimate of drug-likeness (QED) is 0.749. The molecule has 0 bridgehead atoms. The van der Waals surface area contributed by atoms with Crippen LogP contribution in [0.5, 0.6) is 5.75 Å². The number of pyridine rings is 1. The van der Waals surface area contributed by atoms with Crippen molar-refractivity contribution in [3.05, 3.63) is 36.4 Å². The van der Waals surface area contributed by atoms with Crippen LogP contribution in [0.2, 0.25) is 0 Å². The van der Waals surface area contributed by atoms with Crippen molar-refractivity contribution in [2.45, 2.75) is 0 Å². The van der Waals surface area contributed by atoms with E-state index in [1.807, 2.05) is 0 Å². The van der Waals surface area contributed by atoms with Crippen molar-refractivity contribution in [1.29, 1.82) is 0 Å². The molecule has 2 rings (SSSR count). The molecule has 0 aliphatic heterocycles. The second-order valence-electron chi connectivity index (χ2n) is 3.91. The minimum absolute atomic E-state index is 0.0109. The molecule has 0 atom stereocenters. The Morgan fingerprint density at radius 2 is 1.95 bits per heavy atom. The zero-order chi connectivity index (χ0) is 15.2. The van der Waals surface area contributed by atoms with Crippen LogP contribution in [0, 0.1) is 0 Å². The first-order chi connectivity index (χ1) is 10.1. The molecule has 0 spiro atoms. The number of phenolic OH excluding ortho intramolecular Hbond substituents is 1. The van der Waals surface area contributed by atoms with Crippen LogP contribution in [0.3, 0.4) is 0 Å². The van der Waals surface area contributed by atoms with E-state index in [-0.39, 0.29) is 17.4 Å². The second kappa shape index (κ2) is 6.33. The van der Waals surface area contributed by atoms with E-state index >= 15 is 0 Å². The normalized spacial score (nSPS) is 10.5. The van der Waals surface area contributed by atoms with Gasteiger partial charge < -0.3 is 15.6 Å². The van der Waals surface area contributed by atoms with Gasteiger partial charge in [-0.3, -0.25) is 5.32 Å². The molecule has 0 aliphatic carbocycles. The van der Waals surface area contributed by atoms with E-state index in [9.17, 15) is 9.90 Å². The maximum absolute atomic E-state index is 11.0. The van der Waals surface area contributed by atoms with Gasteiger partial charge in [-0.25, -0.2) is 9.78 Å². The lowest BCUT2D eigenvalue weighted by molar-refractivity contribution is 0.187. The van der Waals surface area contributed by atoms with E-state index in [4.69, 9.17) is 5.73 Å². The number of aromatic nitrogens is 1. The molecule has 8 heteroatoms. The number of rotatable bonds is 3. The molecule has 1 aromatic carbocycles. The largest absolute Gasteiger partial charge is 0.506 e. The van der Waals surface area contributed by atoms with Gasteiger partial charge in [0.2, 0.25) is 0 Å². The Morgan fingerprint density at radius 3 is 2.62 bits per heavy atom. The highest BCUT2D eigenvalue weighted by Gasteiger charge is 2.06. The van der Waals surface area contributed by atoms with Gasteiger partial charge in [-0.15, -0.1) is 10.2 Å². The predicted octanol–water partition coefficient (Wildman–Crippen LogP) is 2.96. The average Bonchev–Trinajstić information content (AvgIpc) is 2.48. The molecular formula is C13H13N5O3. The minimum atomic E-state index is -0.648. The maximum atomic E-state index is 11.0. The lowest BCUT2D eigenvalue weighted by Crippen LogP contribution is -2.12. The molecule has 0 fully saturated rings. The molecule has 1 aromatic heterocycles. The predicted molar refractivity (Wildman–Crippen MR) is 77.0 cm³/mol. The molecule has 108 valence electrons. The average molecular weight is 287 g/mol. The summed E-state index contributed by atoms with van der Waals surface area (Å²) in [6.45, 7) is 0. The van der Waals surface area contributed by atoms with Crippen molar-refractivity contribution < 1.29 is 14.6 Å². The third kappa shape index (κ3) is 3.66. The minimum Gasteiger partial charge on any atom is -0.506 e. The molecule has 0 unspecified atom stereocenters. The number of nitrogens with two attached hydrogens (primary N) is 1. The van der Waals surface area contributed by atoms with Crippen molar-refractivity contribution in [3.63, 3.8) is 0 Å². The third-order valence-electron chi connectivity index (χ3n) is 2.47. The summed E-state index contributed by atoms with van der Waals surface area (Å²) < 4.78 is 4.44. The number of phenols is 1. The summed E-state index contributed by atoms with van der Waals surface area (Å²) in [4.78, 5) is 15.0. The van der Waals surface area contributed by atoms with Crippen molar-refractivity contribution >= 4 is 29.1 Å². The van der Waals surface area contributed by atoms with Crippen molar-refractivity contribution in [2.24, 2.45) is 10.2 Å². The molecule has 1 amide bonds. The Bertz CT molecular complexity index is 687. The van der Waals surface area contributed by atoms with Crippen LogP contribution in [0.1, 0.15) is 0 Å². The molecular weight excluding hydrogens is 274 g/mol. The van der Waals surface area contributed by atoms with E-state index in [1.165, 1.54) is 25.3 Å².